The highest BCUT2D eigenvalue weighted by Gasteiger charge is 2.19. The van der Waals surface area contributed by atoms with Gasteiger partial charge in [-0.2, -0.15) is 0 Å². The first-order chi connectivity index (χ1) is 6.13. The summed E-state index contributed by atoms with van der Waals surface area (Å²) in [5, 5.41) is 3.01. The Morgan fingerprint density at radius 3 is 2.54 bits per heavy atom. The molecule has 74 valence electrons. The average molecular weight is 192 g/mol. The summed E-state index contributed by atoms with van der Waals surface area (Å²) < 4.78 is 15.7. The number of amides is 1. The third-order valence-electron chi connectivity index (χ3n) is 0.936. The van der Waals surface area contributed by atoms with Crippen molar-refractivity contribution < 1.29 is 23.6 Å². The molecule has 0 spiro atoms. The summed E-state index contributed by atoms with van der Waals surface area (Å²) in [6.07, 6.45) is 0. The highest BCUT2D eigenvalue weighted by molar-refractivity contribution is 6.63. The van der Waals surface area contributed by atoms with Crippen molar-refractivity contribution in [1.29, 1.82) is 0 Å². The molecule has 0 aromatic heterocycles. The molecule has 0 radical (unpaired) electrons. The number of carbonyl (C=O) groups is 2. The monoisotopic (exact) mass is 192 g/mol. The largest absolute Gasteiger partial charge is 0.464 e. The van der Waals surface area contributed by atoms with E-state index in [-0.39, 0.29) is 6.61 Å². The maximum atomic E-state index is 11.5. The Bertz CT molecular complexity index is 229. The third-order valence-corrected chi connectivity index (χ3v) is 0.936. The van der Waals surface area contributed by atoms with Crippen LogP contribution >= 0.6 is 0 Å². The van der Waals surface area contributed by atoms with Crippen molar-refractivity contribution in [3.63, 3.8) is 0 Å². The van der Waals surface area contributed by atoms with Gasteiger partial charge in [-0.25, -0.2) is 9.18 Å². The number of primary amides is 1. The van der Waals surface area contributed by atoms with E-state index < -0.39 is 24.3 Å². The predicted octanol–water partition coefficient (Wildman–Crippen LogP) is -1.01. The van der Waals surface area contributed by atoms with Crippen LogP contribution in [0.2, 0.25) is 0 Å². The van der Waals surface area contributed by atoms with Crippen LogP contribution in [0.5, 0.6) is 0 Å². The van der Waals surface area contributed by atoms with Gasteiger partial charge in [0, 0.05) is 0 Å². The van der Waals surface area contributed by atoms with Crippen molar-refractivity contribution >= 4 is 17.6 Å². The van der Waals surface area contributed by atoms with E-state index in [0.717, 1.165) is 7.11 Å². The number of hydrogen-bond donors (Lipinski definition) is 1. The summed E-state index contributed by atoms with van der Waals surface area (Å²) in [4.78, 5) is 25.5. The van der Waals surface area contributed by atoms with E-state index in [0.29, 0.717) is 0 Å². The Kier molecular flexibility index (Phi) is 5.17. The number of alkyl halides is 1. The van der Waals surface area contributed by atoms with Gasteiger partial charge in [-0.1, -0.05) is 5.16 Å². The minimum Gasteiger partial charge on any atom is -0.464 e. The molecule has 0 aliphatic heterocycles. The third kappa shape index (κ3) is 4.04. The molecule has 0 aliphatic carbocycles. The quantitative estimate of drug-likeness (QED) is 0.198. The van der Waals surface area contributed by atoms with Crippen LogP contribution in [0.25, 0.3) is 0 Å². The SMILES string of the molecule is COC(=O)C(=NOCCF)C(N)=O. The molecule has 0 fully saturated rings. The number of carbonyl (C=O) groups excluding carboxylic acids is 2. The maximum absolute atomic E-state index is 11.5. The van der Waals surface area contributed by atoms with Crippen molar-refractivity contribution in [3.05, 3.63) is 0 Å². The number of halogens is 1. The first-order valence-corrected chi connectivity index (χ1v) is 3.27. The minimum atomic E-state index is -1.09. The number of esters is 1. The van der Waals surface area contributed by atoms with Gasteiger partial charge < -0.3 is 15.3 Å². The van der Waals surface area contributed by atoms with Crippen LogP contribution in [0, 0.1) is 0 Å². The molecule has 0 saturated heterocycles. The lowest BCUT2D eigenvalue weighted by molar-refractivity contribution is -0.133. The van der Waals surface area contributed by atoms with E-state index in [4.69, 9.17) is 5.73 Å². The second-order valence-electron chi connectivity index (χ2n) is 1.82. The van der Waals surface area contributed by atoms with Gasteiger partial charge in [0.05, 0.1) is 7.11 Å². The zero-order chi connectivity index (χ0) is 10.3. The Hall–Kier alpha value is -1.66. The van der Waals surface area contributed by atoms with Crippen LogP contribution in [0.1, 0.15) is 0 Å². The molecule has 0 unspecified atom stereocenters. The number of nitrogens with zero attached hydrogens (tertiary/aromatic N) is 1. The van der Waals surface area contributed by atoms with Gasteiger partial charge in [0.15, 0.2) is 0 Å². The molecule has 0 saturated carbocycles. The number of nitrogens with two attached hydrogens (primary N) is 1. The van der Waals surface area contributed by atoms with Crippen LogP contribution in [-0.4, -0.2) is 38.0 Å². The van der Waals surface area contributed by atoms with Gasteiger partial charge in [0.2, 0.25) is 0 Å². The zero-order valence-electron chi connectivity index (χ0n) is 6.95. The predicted molar refractivity (Wildman–Crippen MR) is 40.6 cm³/mol. The highest BCUT2D eigenvalue weighted by Crippen LogP contribution is 1.86. The van der Waals surface area contributed by atoms with Gasteiger partial charge in [-0.05, 0) is 0 Å². The molecule has 2 N–H and O–H groups in total. The number of hydrogen-bond acceptors (Lipinski definition) is 5. The molecule has 6 nitrogen and oxygen atoms in total. The summed E-state index contributed by atoms with van der Waals surface area (Å²) in [6.45, 7) is -1.13. The lowest BCUT2D eigenvalue weighted by atomic mass is 10.4. The molecule has 0 aromatic rings. The molecular weight excluding hydrogens is 183 g/mol. The first kappa shape index (κ1) is 11.3. The van der Waals surface area contributed by atoms with Crippen molar-refractivity contribution in [2.45, 2.75) is 0 Å². The van der Waals surface area contributed by atoms with Gasteiger partial charge >= 0.3 is 5.97 Å². The lowest BCUT2D eigenvalue weighted by Gasteiger charge is -1.99. The van der Waals surface area contributed by atoms with E-state index in [2.05, 4.69) is 14.7 Å². The Balaban J connectivity index is 4.32. The molecule has 0 atom stereocenters. The standard InChI is InChI=1S/C6H9FN2O4/c1-12-6(11)4(5(8)10)9-13-3-2-7/h2-3H2,1H3,(H2,8,10). The van der Waals surface area contributed by atoms with Crippen molar-refractivity contribution in [2.75, 3.05) is 20.4 Å². The lowest BCUT2D eigenvalue weighted by Crippen LogP contribution is -2.31. The molecule has 0 heterocycles. The van der Waals surface area contributed by atoms with Crippen molar-refractivity contribution in [2.24, 2.45) is 10.9 Å². The van der Waals surface area contributed by atoms with Crippen LogP contribution in [-0.2, 0) is 19.2 Å². The molecule has 1 amide bonds. The Morgan fingerprint density at radius 1 is 1.54 bits per heavy atom. The molecule has 13 heavy (non-hydrogen) atoms. The second-order valence-corrected chi connectivity index (χ2v) is 1.82. The summed E-state index contributed by atoms with van der Waals surface area (Å²) in [5.74, 6) is -2.11. The van der Waals surface area contributed by atoms with Crippen LogP contribution in [0.4, 0.5) is 4.39 Å². The normalized spacial score (nSPS) is 10.8. The van der Waals surface area contributed by atoms with Crippen molar-refractivity contribution in [1.82, 2.24) is 0 Å². The zero-order valence-corrected chi connectivity index (χ0v) is 6.95. The van der Waals surface area contributed by atoms with Crippen LogP contribution in [0.15, 0.2) is 5.16 Å². The topological polar surface area (TPSA) is 91.0 Å². The number of ether oxygens (including phenoxy) is 1. The summed E-state index contributed by atoms with van der Waals surface area (Å²) in [6, 6.07) is 0. The van der Waals surface area contributed by atoms with Crippen LogP contribution in [0.3, 0.4) is 0 Å². The number of methoxy groups -OCH3 is 1. The number of rotatable bonds is 5. The fourth-order valence-electron chi connectivity index (χ4n) is 0.424. The molecule has 7 heteroatoms. The van der Waals surface area contributed by atoms with Crippen molar-refractivity contribution in [3.8, 4) is 0 Å². The van der Waals surface area contributed by atoms with E-state index in [1.165, 1.54) is 0 Å². The molecule has 0 aromatic carbocycles. The van der Waals surface area contributed by atoms with Crippen LogP contribution < -0.4 is 5.73 Å². The number of oxime groups is 1. The Morgan fingerprint density at radius 2 is 2.15 bits per heavy atom. The molecule has 0 aliphatic rings. The van der Waals surface area contributed by atoms with Gasteiger partial charge in [-0.15, -0.1) is 0 Å². The minimum absolute atomic E-state index is 0.353. The summed E-state index contributed by atoms with van der Waals surface area (Å²) >= 11 is 0. The van der Waals surface area contributed by atoms with E-state index >= 15 is 0 Å². The second kappa shape index (κ2) is 5.92. The Labute approximate surface area is 73.5 Å². The first-order valence-electron chi connectivity index (χ1n) is 3.27. The molecule has 0 bridgehead atoms. The van der Waals surface area contributed by atoms with E-state index in [9.17, 15) is 14.0 Å². The van der Waals surface area contributed by atoms with E-state index in [1.54, 1.807) is 0 Å². The smallest absolute Gasteiger partial charge is 0.365 e. The van der Waals surface area contributed by atoms with Gasteiger partial charge in [0.25, 0.3) is 11.6 Å². The fourth-order valence-corrected chi connectivity index (χ4v) is 0.424. The highest BCUT2D eigenvalue weighted by atomic mass is 19.1. The van der Waals surface area contributed by atoms with Gasteiger partial charge in [-0.3, -0.25) is 4.79 Å². The van der Waals surface area contributed by atoms with Gasteiger partial charge in [0.1, 0.15) is 13.3 Å². The molecule has 0 rings (SSSR count). The maximum Gasteiger partial charge on any atom is 0.365 e. The molecular formula is C6H9FN2O4. The average Bonchev–Trinajstić information content (AvgIpc) is 2.11. The van der Waals surface area contributed by atoms with E-state index in [1.807, 2.05) is 0 Å². The summed E-state index contributed by atoms with van der Waals surface area (Å²) in [5.41, 5.74) is 4.05. The fraction of sp³-hybridized carbons (Fsp3) is 0.500. The summed E-state index contributed by atoms with van der Waals surface area (Å²) in [7, 11) is 1.05.